The molecule has 184 valence electrons. The van der Waals surface area contributed by atoms with Gasteiger partial charge in [0, 0.05) is 58.4 Å². The number of fused-ring (bicyclic) bond motifs is 2. The van der Waals surface area contributed by atoms with Gasteiger partial charge < -0.3 is 24.7 Å². The topological polar surface area (TPSA) is 111 Å². The smallest absolute Gasteiger partial charge is 0.259 e. The van der Waals surface area contributed by atoms with Crippen LogP contribution in [0.1, 0.15) is 30.4 Å². The van der Waals surface area contributed by atoms with Gasteiger partial charge in [-0.3, -0.25) is 14.9 Å². The molecule has 2 aliphatic rings. The number of piperidine rings is 1. The summed E-state index contributed by atoms with van der Waals surface area (Å²) >= 11 is 0. The zero-order valence-corrected chi connectivity index (χ0v) is 19.8. The number of H-pyrrole nitrogens is 1. The van der Waals surface area contributed by atoms with Crippen molar-refractivity contribution in [2.45, 2.75) is 31.9 Å². The summed E-state index contributed by atoms with van der Waals surface area (Å²) in [7, 11) is 0. The van der Waals surface area contributed by atoms with Crippen LogP contribution in [-0.4, -0.2) is 62.2 Å². The van der Waals surface area contributed by atoms with E-state index in [1.54, 1.807) is 24.4 Å². The number of aromatic amines is 1. The molecular weight excluding hydrogens is 456 g/mol. The minimum Gasteiger partial charge on any atom is -0.508 e. The second kappa shape index (κ2) is 8.96. The lowest BCUT2D eigenvalue weighted by molar-refractivity contribution is -0.122. The molecule has 1 saturated heterocycles. The molecule has 2 aromatic carbocycles. The van der Waals surface area contributed by atoms with Crippen molar-refractivity contribution in [1.82, 2.24) is 19.8 Å². The van der Waals surface area contributed by atoms with Crippen LogP contribution < -0.4 is 5.32 Å². The van der Waals surface area contributed by atoms with Gasteiger partial charge in [0.15, 0.2) is 0 Å². The van der Waals surface area contributed by atoms with E-state index in [9.17, 15) is 19.8 Å². The van der Waals surface area contributed by atoms with Crippen LogP contribution in [0.15, 0.2) is 54.9 Å². The number of hydrogen-bond donors (Lipinski definition) is 4. The number of carbonyl (C=O) groups excluding carboxylic acids is 2. The van der Waals surface area contributed by atoms with Gasteiger partial charge in [0.2, 0.25) is 0 Å². The maximum Gasteiger partial charge on any atom is 0.259 e. The van der Waals surface area contributed by atoms with E-state index in [1.807, 2.05) is 35.0 Å². The highest BCUT2D eigenvalue weighted by Gasteiger charge is 2.35. The number of aromatic hydroxyl groups is 1. The molecule has 1 unspecified atom stereocenters. The van der Waals surface area contributed by atoms with Crippen LogP contribution in [0.5, 0.6) is 5.75 Å². The number of aliphatic hydroxyl groups excluding tert-OH is 1. The van der Waals surface area contributed by atoms with Crippen molar-refractivity contribution >= 4 is 44.8 Å². The molecular formula is C28H28N4O4. The molecule has 0 radical (unpaired) electrons. The number of nitrogens with one attached hydrogen (secondary N) is 2. The molecule has 0 bridgehead atoms. The average molecular weight is 485 g/mol. The Morgan fingerprint density at radius 1 is 0.889 bits per heavy atom. The van der Waals surface area contributed by atoms with Crippen molar-refractivity contribution in [3.05, 3.63) is 66.0 Å². The first-order valence-electron chi connectivity index (χ1n) is 12.4. The molecule has 36 heavy (non-hydrogen) atoms. The molecule has 8 heteroatoms. The Kier molecular flexibility index (Phi) is 5.62. The Hall–Kier alpha value is -3.88. The van der Waals surface area contributed by atoms with Crippen molar-refractivity contribution in [2.24, 2.45) is 0 Å². The van der Waals surface area contributed by atoms with Crippen LogP contribution in [0.2, 0.25) is 0 Å². The maximum atomic E-state index is 13.1. The molecule has 0 spiro atoms. The molecule has 2 amide bonds. The summed E-state index contributed by atoms with van der Waals surface area (Å²) in [6.07, 6.45) is 6.49. The lowest BCUT2D eigenvalue weighted by atomic mass is 9.95. The van der Waals surface area contributed by atoms with Crippen LogP contribution in [-0.2, 0) is 16.1 Å². The fourth-order valence-electron chi connectivity index (χ4n) is 5.61. The number of likely N-dealkylation sites (tertiary alicyclic amines) is 1. The fourth-order valence-corrected chi connectivity index (χ4v) is 5.61. The van der Waals surface area contributed by atoms with E-state index < -0.39 is 17.9 Å². The Bertz CT molecular complexity index is 1520. The fraction of sp³-hybridized carbons (Fsp3) is 0.286. The van der Waals surface area contributed by atoms with Gasteiger partial charge >= 0.3 is 0 Å². The number of nitrogens with zero attached hydrogens (tertiary/aromatic N) is 2. The van der Waals surface area contributed by atoms with Crippen molar-refractivity contribution < 1.29 is 19.8 Å². The number of para-hydroxylation sites is 1. The third-order valence-corrected chi connectivity index (χ3v) is 7.25. The van der Waals surface area contributed by atoms with Gasteiger partial charge in [0.25, 0.3) is 11.8 Å². The molecule has 0 saturated carbocycles. The first kappa shape index (κ1) is 22.6. The third kappa shape index (κ3) is 3.88. The molecule has 2 aromatic heterocycles. The Balaban J connectivity index is 1.46. The summed E-state index contributed by atoms with van der Waals surface area (Å²) in [5.74, 6) is -0.864. The summed E-state index contributed by atoms with van der Waals surface area (Å²) in [4.78, 5) is 31.6. The molecule has 2 aliphatic heterocycles. The number of phenols is 1. The van der Waals surface area contributed by atoms with E-state index in [1.165, 1.54) is 6.42 Å². The Morgan fingerprint density at radius 2 is 1.64 bits per heavy atom. The number of aromatic nitrogens is 2. The van der Waals surface area contributed by atoms with Crippen LogP contribution in [0.25, 0.3) is 33.0 Å². The largest absolute Gasteiger partial charge is 0.508 e. The molecule has 4 heterocycles. The monoisotopic (exact) mass is 484 g/mol. The number of aliphatic hydroxyl groups is 1. The van der Waals surface area contributed by atoms with Gasteiger partial charge in [-0.15, -0.1) is 0 Å². The number of hydrogen-bond acceptors (Lipinski definition) is 5. The molecule has 4 aromatic rings. The van der Waals surface area contributed by atoms with Gasteiger partial charge in [0.05, 0.1) is 17.3 Å². The second-order valence-corrected chi connectivity index (χ2v) is 9.69. The standard InChI is InChI=1S/C28H28N4O4/c33-17-8-9-24-20(12-17)22(16-32(24)15-18(34)14-31-10-4-1-5-11-31)26-25(27(35)30-28(26)36)21-13-29-23-7-3-2-6-19(21)23/h2-3,6-9,12-13,16,18,29,33-34H,1,4-5,10-11,14-15H2,(H,30,35,36). The van der Waals surface area contributed by atoms with Gasteiger partial charge in [-0.2, -0.15) is 0 Å². The summed E-state index contributed by atoms with van der Waals surface area (Å²) < 4.78 is 1.91. The number of benzene rings is 2. The highest BCUT2D eigenvalue weighted by Crippen LogP contribution is 2.39. The van der Waals surface area contributed by atoms with Gasteiger partial charge in [-0.25, -0.2) is 0 Å². The van der Waals surface area contributed by atoms with Crippen molar-refractivity contribution in [1.29, 1.82) is 0 Å². The lowest BCUT2D eigenvalue weighted by Gasteiger charge is -2.28. The van der Waals surface area contributed by atoms with Gasteiger partial charge in [-0.05, 0) is 50.2 Å². The highest BCUT2D eigenvalue weighted by molar-refractivity contribution is 6.50. The summed E-state index contributed by atoms with van der Waals surface area (Å²) in [5, 5.41) is 25.1. The third-order valence-electron chi connectivity index (χ3n) is 7.25. The SMILES string of the molecule is O=C1NC(=O)C(c2cn(CC(O)CN3CCCCC3)c3ccc(O)cc23)=C1c1c[nH]c2ccccc12. The van der Waals surface area contributed by atoms with Crippen LogP contribution in [0.3, 0.4) is 0 Å². The van der Waals surface area contributed by atoms with E-state index in [-0.39, 0.29) is 11.3 Å². The molecule has 4 N–H and O–H groups in total. The van der Waals surface area contributed by atoms with Gasteiger partial charge in [0.1, 0.15) is 5.75 Å². The number of rotatable bonds is 6. The molecule has 1 fully saturated rings. The molecule has 0 aliphatic carbocycles. The quantitative estimate of drug-likeness (QED) is 0.314. The van der Waals surface area contributed by atoms with Crippen LogP contribution >= 0.6 is 0 Å². The number of β-amino-alcohol motifs (C(OH)–C–C–N with tert-alkyl or cyclic N) is 1. The van der Waals surface area contributed by atoms with E-state index in [0.29, 0.717) is 35.2 Å². The first-order valence-corrected chi connectivity index (χ1v) is 12.4. The lowest BCUT2D eigenvalue weighted by Crippen LogP contribution is -2.37. The molecule has 6 rings (SSSR count). The Morgan fingerprint density at radius 3 is 2.44 bits per heavy atom. The summed E-state index contributed by atoms with van der Waals surface area (Å²) in [5.41, 5.74) is 3.41. The molecule has 1 atom stereocenters. The predicted molar refractivity (Wildman–Crippen MR) is 138 cm³/mol. The van der Waals surface area contributed by atoms with Crippen molar-refractivity contribution in [3.8, 4) is 5.75 Å². The number of carbonyl (C=O) groups is 2. The average Bonchev–Trinajstić information content (AvgIpc) is 3.52. The van der Waals surface area contributed by atoms with E-state index in [4.69, 9.17) is 0 Å². The zero-order valence-electron chi connectivity index (χ0n) is 19.8. The highest BCUT2D eigenvalue weighted by atomic mass is 16.3. The minimum absolute atomic E-state index is 0.0642. The van der Waals surface area contributed by atoms with E-state index in [0.717, 1.165) is 42.4 Å². The second-order valence-electron chi connectivity index (χ2n) is 9.69. The van der Waals surface area contributed by atoms with Crippen molar-refractivity contribution in [3.63, 3.8) is 0 Å². The van der Waals surface area contributed by atoms with Gasteiger partial charge in [-0.1, -0.05) is 24.6 Å². The number of phenolic OH excluding ortho intramolecular Hbond substituents is 1. The predicted octanol–water partition coefficient (Wildman–Crippen LogP) is 3.24. The molecule has 8 nitrogen and oxygen atoms in total. The van der Waals surface area contributed by atoms with Crippen molar-refractivity contribution in [2.75, 3.05) is 19.6 Å². The Labute approximate surface area is 207 Å². The van der Waals surface area contributed by atoms with E-state index in [2.05, 4.69) is 15.2 Å². The first-order chi connectivity index (χ1) is 17.5. The number of imide groups is 1. The summed E-state index contributed by atoms with van der Waals surface area (Å²) in [6.45, 7) is 2.90. The zero-order chi connectivity index (χ0) is 24.8. The maximum absolute atomic E-state index is 13.1. The summed E-state index contributed by atoms with van der Waals surface area (Å²) in [6, 6.07) is 12.6. The number of amides is 2. The van der Waals surface area contributed by atoms with E-state index >= 15 is 0 Å². The van der Waals surface area contributed by atoms with Crippen LogP contribution in [0.4, 0.5) is 0 Å². The normalized spacial score (nSPS) is 17.9. The van der Waals surface area contributed by atoms with Crippen LogP contribution in [0, 0.1) is 0 Å². The minimum atomic E-state index is -0.596.